The zero-order valence-corrected chi connectivity index (χ0v) is 18.3. The molecular weight excluding hydrogens is 437 g/mol. The van der Waals surface area contributed by atoms with Crippen LogP contribution in [0, 0.1) is 5.82 Å². The smallest absolute Gasteiger partial charge is 0.210 e. The number of H-pyrrole nitrogens is 1. The van der Waals surface area contributed by atoms with Crippen molar-refractivity contribution in [3.8, 4) is 0 Å². The molecule has 0 saturated heterocycles. The summed E-state index contributed by atoms with van der Waals surface area (Å²) in [5.74, 6) is 6.28. The second-order valence-electron chi connectivity index (χ2n) is 7.56. The molecule has 0 saturated carbocycles. The summed E-state index contributed by atoms with van der Waals surface area (Å²) in [5.41, 5.74) is 2.80. The average molecular weight is 458 g/mol. The third kappa shape index (κ3) is 4.12. The van der Waals surface area contributed by atoms with Gasteiger partial charge in [0, 0.05) is 29.1 Å². The highest BCUT2D eigenvalue weighted by atomic mass is 32.2. The van der Waals surface area contributed by atoms with E-state index in [4.69, 9.17) is 5.84 Å². The first-order chi connectivity index (χ1) is 16.1. The van der Waals surface area contributed by atoms with E-state index in [-0.39, 0.29) is 18.0 Å². The molecule has 0 unspecified atom stereocenters. The lowest BCUT2D eigenvalue weighted by Crippen LogP contribution is -2.17. The highest BCUT2D eigenvalue weighted by molar-refractivity contribution is 8.00. The van der Waals surface area contributed by atoms with Crippen molar-refractivity contribution in [1.82, 2.24) is 19.9 Å². The standard InChI is InChI=1S/C25H20FN5OS/c26-20-12-6-4-10-17(20)14-22-29-30-25(31(22)27)33-24(16-8-2-1-3-9-16)23(32)19-15-28-21-13-7-5-11-18(19)21/h1-13,15,24,28H,14,27H2/t24-/m1/s1. The molecule has 33 heavy (non-hydrogen) atoms. The number of fused-ring (bicyclic) bond motifs is 1. The van der Waals surface area contributed by atoms with E-state index in [0.29, 0.717) is 22.1 Å². The normalized spacial score (nSPS) is 12.2. The quantitative estimate of drug-likeness (QED) is 0.206. The molecule has 164 valence electrons. The number of carbonyl (C=O) groups excluding carboxylic acids is 1. The van der Waals surface area contributed by atoms with Gasteiger partial charge in [0.25, 0.3) is 0 Å². The molecule has 8 heteroatoms. The number of aromatic nitrogens is 4. The van der Waals surface area contributed by atoms with E-state index in [9.17, 15) is 9.18 Å². The van der Waals surface area contributed by atoms with Crippen LogP contribution in [0.5, 0.6) is 0 Å². The molecule has 0 amide bonds. The molecule has 6 nitrogen and oxygen atoms in total. The third-order valence-electron chi connectivity index (χ3n) is 5.46. The number of halogens is 1. The van der Waals surface area contributed by atoms with Crippen molar-refractivity contribution in [2.24, 2.45) is 0 Å². The van der Waals surface area contributed by atoms with Crippen LogP contribution in [-0.2, 0) is 6.42 Å². The Bertz CT molecular complexity index is 1430. The van der Waals surface area contributed by atoms with Gasteiger partial charge in [0.05, 0.1) is 0 Å². The lowest BCUT2D eigenvalue weighted by Gasteiger charge is -2.15. The van der Waals surface area contributed by atoms with Crippen LogP contribution < -0.4 is 5.84 Å². The summed E-state index contributed by atoms with van der Waals surface area (Å²) in [7, 11) is 0. The SMILES string of the molecule is Nn1c(Cc2ccccc2F)nnc1S[C@@H](C(=O)c1c[nH]c2ccccc12)c1ccccc1. The first-order valence-corrected chi connectivity index (χ1v) is 11.2. The van der Waals surface area contributed by atoms with Crippen LogP contribution in [0.4, 0.5) is 4.39 Å². The molecule has 0 aliphatic rings. The van der Waals surface area contributed by atoms with Crippen LogP contribution in [0.25, 0.3) is 10.9 Å². The van der Waals surface area contributed by atoms with Crippen molar-refractivity contribution in [2.45, 2.75) is 16.8 Å². The van der Waals surface area contributed by atoms with Gasteiger partial charge in [-0.3, -0.25) is 4.79 Å². The molecule has 0 radical (unpaired) electrons. The molecule has 0 aliphatic heterocycles. The Morgan fingerprint density at radius 1 is 1.00 bits per heavy atom. The third-order valence-corrected chi connectivity index (χ3v) is 6.67. The number of rotatable bonds is 7. The Kier molecular flexibility index (Phi) is 5.66. The van der Waals surface area contributed by atoms with E-state index in [1.54, 1.807) is 24.4 Å². The van der Waals surface area contributed by atoms with Crippen LogP contribution in [0.2, 0.25) is 0 Å². The maximum Gasteiger partial charge on any atom is 0.210 e. The van der Waals surface area contributed by atoms with Gasteiger partial charge in [0.1, 0.15) is 11.1 Å². The van der Waals surface area contributed by atoms with Crippen LogP contribution in [-0.4, -0.2) is 25.6 Å². The zero-order valence-electron chi connectivity index (χ0n) is 17.5. The number of nitrogens with one attached hydrogen (secondary N) is 1. The molecule has 3 N–H and O–H groups in total. The molecule has 0 bridgehead atoms. The van der Waals surface area contributed by atoms with Gasteiger partial charge < -0.3 is 10.8 Å². The second kappa shape index (κ2) is 8.91. The number of para-hydroxylation sites is 1. The van der Waals surface area contributed by atoms with E-state index >= 15 is 0 Å². The Morgan fingerprint density at radius 3 is 2.55 bits per heavy atom. The van der Waals surface area contributed by atoms with E-state index in [1.807, 2.05) is 54.6 Å². The topological polar surface area (TPSA) is 89.6 Å². The zero-order chi connectivity index (χ0) is 22.8. The molecule has 2 aromatic heterocycles. The molecular formula is C25H20FN5OS. The first kappa shape index (κ1) is 21.0. The highest BCUT2D eigenvalue weighted by Gasteiger charge is 2.28. The number of thioether (sulfide) groups is 1. The maximum atomic E-state index is 14.1. The van der Waals surface area contributed by atoms with E-state index < -0.39 is 5.25 Å². The van der Waals surface area contributed by atoms with Crippen molar-refractivity contribution in [2.75, 3.05) is 5.84 Å². The van der Waals surface area contributed by atoms with Gasteiger partial charge >= 0.3 is 0 Å². The summed E-state index contributed by atoms with van der Waals surface area (Å²) >= 11 is 1.23. The fourth-order valence-electron chi connectivity index (χ4n) is 3.74. The summed E-state index contributed by atoms with van der Waals surface area (Å²) < 4.78 is 15.4. The minimum absolute atomic E-state index is 0.0673. The van der Waals surface area contributed by atoms with Crippen molar-refractivity contribution in [1.29, 1.82) is 0 Å². The molecule has 2 heterocycles. The summed E-state index contributed by atoms with van der Waals surface area (Å²) in [4.78, 5) is 16.9. The summed E-state index contributed by atoms with van der Waals surface area (Å²) in [6.45, 7) is 0. The lowest BCUT2D eigenvalue weighted by atomic mass is 10.0. The van der Waals surface area contributed by atoms with Crippen molar-refractivity contribution >= 4 is 28.4 Å². The van der Waals surface area contributed by atoms with Crippen molar-refractivity contribution in [3.63, 3.8) is 0 Å². The summed E-state index contributed by atoms with van der Waals surface area (Å²) in [6, 6.07) is 23.6. The number of hydrogen-bond acceptors (Lipinski definition) is 5. The number of Topliss-reactive ketones (excluding diaryl/α,β-unsaturated/α-hetero) is 1. The number of nitrogen functional groups attached to an aromatic ring is 1. The summed E-state index contributed by atoms with van der Waals surface area (Å²) in [6.07, 6.45) is 1.93. The van der Waals surface area contributed by atoms with E-state index in [2.05, 4.69) is 15.2 Å². The Morgan fingerprint density at radius 2 is 1.73 bits per heavy atom. The van der Waals surface area contributed by atoms with Gasteiger partial charge in [-0.2, -0.15) is 0 Å². The van der Waals surface area contributed by atoms with Gasteiger partial charge in [-0.05, 0) is 23.3 Å². The number of aromatic amines is 1. The number of benzene rings is 3. The number of nitrogens with zero attached hydrogens (tertiary/aromatic N) is 3. The number of nitrogens with two attached hydrogens (primary N) is 1. The van der Waals surface area contributed by atoms with Crippen LogP contribution in [0.1, 0.15) is 32.6 Å². The van der Waals surface area contributed by atoms with Gasteiger partial charge in [0.15, 0.2) is 11.6 Å². The van der Waals surface area contributed by atoms with Crippen molar-refractivity contribution < 1.29 is 9.18 Å². The predicted molar refractivity (Wildman–Crippen MR) is 127 cm³/mol. The maximum absolute atomic E-state index is 14.1. The van der Waals surface area contributed by atoms with Gasteiger partial charge in [0.2, 0.25) is 5.16 Å². The molecule has 0 spiro atoms. The lowest BCUT2D eigenvalue weighted by molar-refractivity contribution is 0.0991. The molecule has 0 fully saturated rings. The number of ketones is 1. The highest BCUT2D eigenvalue weighted by Crippen LogP contribution is 2.38. The molecule has 0 aliphatic carbocycles. The number of hydrogen-bond donors (Lipinski definition) is 2. The second-order valence-corrected chi connectivity index (χ2v) is 8.63. The van der Waals surface area contributed by atoms with Crippen LogP contribution in [0.15, 0.2) is 90.2 Å². The van der Waals surface area contributed by atoms with E-state index in [1.165, 1.54) is 22.5 Å². The number of carbonyl (C=O) groups is 1. The fourth-order valence-corrected chi connectivity index (χ4v) is 4.79. The molecule has 1 atom stereocenters. The molecule has 3 aromatic carbocycles. The van der Waals surface area contributed by atoms with Gasteiger partial charge in [-0.1, -0.05) is 78.5 Å². The Labute approximate surface area is 193 Å². The minimum atomic E-state index is -0.585. The largest absolute Gasteiger partial charge is 0.360 e. The summed E-state index contributed by atoms with van der Waals surface area (Å²) in [5, 5.41) is 9.01. The van der Waals surface area contributed by atoms with E-state index in [0.717, 1.165) is 16.5 Å². The first-order valence-electron chi connectivity index (χ1n) is 10.4. The Hall–Kier alpha value is -3.91. The van der Waals surface area contributed by atoms with Crippen LogP contribution >= 0.6 is 11.8 Å². The van der Waals surface area contributed by atoms with Crippen molar-refractivity contribution in [3.05, 3.63) is 113 Å². The molecule has 5 rings (SSSR count). The Balaban J connectivity index is 1.48. The molecule has 5 aromatic rings. The van der Waals surface area contributed by atoms with Gasteiger partial charge in [-0.25, -0.2) is 9.07 Å². The minimum Gasteiger partial charge on any atom is -0.360 e. The fraction of sp³-hybridized carbons (Fsp3) is 0.0800. The predicted octanol–water partition coefficient (Wildman–Crippen LogP) is 4.92. The monoisotopic (exact) mass is 457 g/mol. The van der Waals surface area contributed by atoms with Gasteiger partial charge in [-0.15, -0.1) is 10.2 Å². The average Bonchev–Trinajstić information content (AvgIpc) is 3.43. The van der Waals surface area contributed by atoms with Crippen LogP contribution in [0.3, 0.4) is 0 Å².